The summed E-state index contributed by atoms with van der Waals surface area (Å²) in [5, 5.41) is 5.14. The van der Waals surface area contributed by atoms with E-state index in [4.69, 9.17) is 11.6 Å². The van der Waals surface area contributed by atoms with Crippen LogP contribution in [0.3, 0.4) is 0 Å². The Morgan fingerprint density at radius 2 is 2.04 bits per heavy atom. The van der Waals surface area contributed by atoms with E-state index in [1.54, 1.807) is 11.7 Å². The van der Waals surface area contributed by atoms with E-state index in [0.29, 0.717) is 16.1 Å². The molecular weight excluding hydrogens is 366 g/mol. The highest BCUT2D eigenvalue weighted by molar-refractivity contribution is 6.30. The fourth-order valence-corrected chi connectivity index (χ4v) is 3.52. The topological polar surface area (TPSA) is 73.0 Å². The zero-order valence-electron chi connectivity index (χ0n) is 15.2. The molecule has 0 saturated heterocycles. The molecule has 0 spiro atoms. The van der Waals surface area contributed by atoms with Crippen molar-refractivity contribution in [3.05, 3.63) is 57.7 Å². The van der Waals surface area contributed by atoms with Crippen molar-refractivity contribution < 1.29 is 4.79 Å². The average Bonchev–Trinajstić information content (AvgIpc) is 3.40. The Labute approximate surface area is 161 Å². The molecule has 4 rings (SSSR count). The highest BCUT2D eigenvalue weighted by Crippen LogP contribution is 2.34. The first kappa shape index (κ1) is 17.7. The largest absolute Gasteiger partial charge is 0.331 e. The zero-order chi connectivity index (χ0) is 19.1. The van der Waals surface area contributed by atoms with E-state index in [-0.39, 0.29) is 30.1 Å². The summed E-state index contributed by atoms with van der Waals surface area (Å²) in [6.45, 7) is 1.97. The number of benzene rings is 1. The smallest absolute Gasteiger partial charge is 0.264 e. The Hall–Kier alpha value is -2.67. The van der Waals surface area contributed by atoms with Crippen LogP contribution in [0.5, 0.6) is 0 Å². The first-order chi connectivity index (χ1) is 13.0. The first-order valence-electron chi connectivity index (χ1n) is 8.89. The number of aryl methyl sites for hydroxylation is 1. The van der Waals surface area contributed by atoms with Gasteiger partial charge in [0.2, 0.25) is 5.91 Å². The summed E-state index contributed by atoms with van der Waals surface area (Å²) in [6.07, 6.45) is 4.87. The zero-order valence-corrected chi connectivity index (χ0v) is 15.9. The van der Waals surface area contributed by atoms with E-state index >= 15 is 0 Å². The minimum absolute atomic E-state index is 0.0366. The number of amides is 1. The van der Waals surface area contributed by atoms with Crippen molar-refractivity contribution in [1.82, 2.24) is 24.2 Å². The summed E-state index contributed by atoms with van der Waals surface area (Å²) in [5.74, 6) is -0.0907. The number of halogens is 1. The van der Waals surface area contributed by atoms with Crippen molar-refractivity contribution >= 4 is 28.5 Å². The highest BCUT2D eigenvalue weighted by Gasteiger charge is 2.36. The Bertz CT molecular complexity index is 1050. The third kappa shape index (κ3) is 3.35. The minimum Gasteiger partial charge on any atom is -0.331 e. The van der Waals surface area contributed by atoms with Crippen LogP contribution in [0.4, 0.5) is 0 Å². The molecule has 1 aliphatic rings. The SMILES string of the molecule is CC(c1ccc(Cl)cc1)N(C(=O)Cn1cnc2c(cnn2C)c1=O)C1CC1. The molecule has 1 aromatic carbocycles. The number of carbonyl (C=O) groups is 1. The van der Waals surface area contributed by atoms with Crippen LogP contribution in [0.25, 0.3) is 11.0 Å². The lowest BCUT2D eigenvalue weighted by atomic mass is 10.1. The number of aromatic nitrogens is 4. The Morgan fingerprint density at radius 1 is 1.33 bits per heavy atom. The van der Waals surface area contributed by atoms with Crippen molar-refractivity contribution in [2.75, 3.05) is 0 Å². The molecule has 0 aliphatic heterocycles. The van der Waals surface area contributed by atoms with Gasteiger partial charge in [-0.3, -0.25) is 18.8 Å². The second kappa shape index (κ2) is 6.81. The fraction of sp³-hybridized carbons (Fsp3) is 0.368. The predicted octanol–water partition coefficient (Wildman–Crippen LogP) is 2.54. The van der Waals surface area contributed by atoms with Gasteiger partial charge in [-0.15, -0.1) is 0 Å². The predicted molar refractivity (Wildman–Crippen MR) is 103 cm³/mol. The molecule has 1 unspecified atom stereocenters. The molecule has 2 aromatic heterocycles. The van der Waals surface area contributed by atoms with Gasteiger partial charge in [-0.2, -0.15) is 5.10 Å². The van der Waals surface area contributed by atoms with E-state index in [1.165, 1.54) is 17.1 Å². The minimum atomic E-state index is -0.253. The number of fused-ring (bicyclic) bond motifs is 1. The number of hydrogen-bond acceptors (Lipinski definition) is 4. The van der Waals surface area contributed by atoms with Crippen LogP contribution in [0.1, 0.15) is 31.4 Å². The highest BCUT2D eigenvalue weighted by atomic mass is 35.5. The molecule has 0 N–H and O–H groups in total. The van der Waals surface area contributed by atoms with Crippen LogP contribution in [0, 0.1) is 0 Å². The molecule has 7 nitrogen and oxygen atoms in total. The normalized spacial score (nSPS) is 15.1. The van der Waals surface area contributed by atoms with Gasteiger partial charge in [0.15, 0.2) is 5.65 Å². The molecule has 3 aromatic rings. The van der Waals surface area contributed by atoms with Gasteiger partial charge in [0.1, 0.15) is 18.3 Å². The summed E-state index contributed by atoms with van der Waals surface area (Å²) in [5.41, 5.74) is 1.28. The lowest BCUT2D eigenvalue weighted by molar-refractivity contribution is -0.134. The molecule has 1 amide bonds. The van der Waals surface area contributed by atoms with Crippen molar-refractivity contribution in [2.45, 2.75) is 38.4 Å². The van der Waals surface area contributed by atoms with E-state index in [9.17, 15) is 9.59 Å². The van der Waals surface area contributed by atoms with Crippen LogP contribution in [0.2, 0.25) is 5.02 Å². The molecule has 1 aliphatic carbocycles. The van der Waals surface area contributed by atoms with Gasteiger partial charge >= 0.3 is 0 Å². The van der Waals surface area contributed by atoms with Crippen LogP contribution in [-0.4, -0.2) is 36.2 Å². The Kier molecular flexibility index (Phi) is 4.47. The maximum atomic E-state index is 13.1. The van der Waals surface area contributed by atoms with Gasteiger partial charge in [-0.05, 0) is 37.5 Å². The van der Waals surface area contributed by atoms with Crippen molar-refractivity contribution in [2.24, 2.45) is 7.05 Å². The average molecular weight is 386 g/mol. The fourth-order valence-electron chi connectivity index (χ4n) is 3.40. The van der Waals surface area contributed by atoms with E-state index in [0.717, 1.165) is 18.4 Å². The van der Waals surface area contributed by atoms with Gasteiger partial charge in [0, 0.05) is 18.1 Å². The molecule has 140 valence electrons. The maximum absolute atomic E-state index is 13.1. The number of hydrogen-bond donors (Lipinski definition) is 0. The molecule has 0 bridgehead atoms. The van der Waals surface area contributed by atoms with Crippen molar-refractivity contribution in [1.29, 1.82) is 0 Å². The molecule has 2 heterocycles. The summed E-state index contributed by atoms with van der Waals surface area (Å²) >= 11 is 5.98. The van der Waals surface area contributed by atoms with Crippen LogP contribution >= 0.6 is 11.6 Å². The monoisotopic (exact) mass is 385 g/mol. The molecule has 1 saturated carbocycles. The molecule has 1 fully saturated rings. The van der Waals surface area contributed by atoms with E-state index in [1.807, 2.05) is 36.1 Å². The number of nitrogens with zero attached hydrogens (tertiary/aromatic N) is 5. The third-order valence-corrected chi connectivity index (χ3v) is 5.27. The maximum Gasteiger partial charge on any atom is 0.264 e. The van der Waals surface area contributed by atoms with E-state index < -0.39 is 0 Å². The van der Waals surface area contributed by atoms with E-state index in [2.05, 4.69) is 10.1 Å². The third-order valence-electron chi connectivity index (χ3n) is 5.02. The van der Waals surface area contributed by atoms with Crippen molar-refractivity contribution in [3.8, 4) is 0 Å². The first-order valence-corrected chi connectivity index (χ1v) is 9.27. The van der Waals surface area contributed by atoms with Gasteiger partial charge < -0.3 is 4.90 Å². The lowest BCUT2D eigenvalue weighted by Gasteiger charge is -2.30. The quantitative estimate of drug-likeness (QED) is 0.676. The Morgan fingerprint density at radius 3 is 2.70 bits per heavy atom. The van der Waals surface area contributed by atoms with Crippen LogP contribution < -0.4 is 5.56 Å². The Balaban J connectivity index is 1.61. The van der Waals surface area contributed by atoms with Gasteiger partial charge in [-0.25, -0.2) is 4.98 Å². The summed E-state index contributed by atoms with van der Waals surface area (Å²) in [6, 6.07) is 7.65. The van der Waals surface area contributed by atoms with Crippen LogP contribution in [-0.2, 0) is 18.4 Å². The summed E-state index contributed by atoms with van der Waals surface area (Å²) in [7, 11) is 1.73. The summed E-state index contributed by atoms with van der Waals surface area (Å²) in [4.78, 5) is 31.9. The van der Waals surface area contributed by atoms with Crippen molar-refractivity contribution in [3.63, 3.8) is 0 Å². The second-order valence-electron chi connectivity index (χ2n) is 6.94. The second-order valence-corrected chi connectivity index (χ2v) is 7.38. The lowest BCUT2D eigenvalue weighted by Crippen LogP contribution is -2.39. The molecular formula is C19H20ClN5O2. The van der Waals surface area contributed by atoms with Crippen LogP contribution in [0.15, 0.2) is 41.6 Å². The summed E-state index contributed by atoms with van der Waals surface area (Å²) < 4.78 is 2.90. The molecule has 27 heavy (non-hydrogen) atoms. The standard InChI is InChI=1S/C19H20ClN5O2/c1-12(13-3-5-14(20)6-4-13)25(15-7-8-15)17(26)10-24-11-21-18-16(19(24)27)9-22-23(18)2/h3-6,9,11-12,15H,7-8,10H2,1-2H3. The molecule has 0 radical (unpaired) electrons. The molecule has 8 heteroatoms. The van der Waals surface area contributed by atoms with Gasteiger partial charge in [-0.1, -0.05) is 23.7 Å². The number of rotatable bonds is 5. The number of carbonyl (C=O) groups excluding carboxylic acids is 1. The van der Waals surface area contributed by atoms with Gasteiger partial charge in [0.25, 0.3) is 5.56 Å². The molecule has 1 atom stereocenters. The van der Waals surface area contributed by atoms with Gasteiger partial charge in [0.05, 0.1) is 12.2 Å².